The summed E-state index contributed by atoms with van der Waals surface area (Å²) in [6, 6.07) is 14.2. The number of benzene rings is 2. The normalized spacial score (nSPS) is 15.2. The molecule has 0 radical (unpaired) electrons. The van der Waals surface area contributed by atoms with Crippen LogP contribution < -0.4 is 5.32 Å². The summed E-state index contributed by atoms with van der Waals surface area (Å²) in [5.41, 5.74) is 1.48. The van der Waals surface area contributed by atoms with Crippen LogP contribution >= 0.6 is 0 Å². The average molecular weight is 441 g/mol. The van der Waals surface area contributed by atoms with Gasteiger partial charge in [0.25, 0.3) is 5.89 Å². The van der Waals surface area contributed by atoms with E-state index in [-0.39, 0.29) is 17.2 Å². The van der Waals surface area contributed by atoms with Crippen molar-refractivity contribution in [2.75, 3.05) is 11.9 Å². The highest BCUT2D eigenvalue weighted by Crippen LogP contribution is 2.25. The third-order valence-electron chi connectivity index (χ3n) is 4.33. The predicted molar refractivity (Wildman–Crippen MR) is 111 cm³/mol. The van der Waals surface area contributed by atoms with E-state index in [2.05, 4.69) is 19.9 Å². The van der Waals surface area contributed by atoms with Crippen molar-refractivity contribution in [2.24, 2.45) is 4.40 Å². The number of allylic oxidation sites excluding steroid dienone is 1. The first-order chi connectivity index (χ1) is 14.8. The number of hydrogen-bond acceptors (Lipinski definition) is 6. The summed E-state index contributed by atoms with van der Waals surface area (Å²) in [4.78, 5) is 16.6. The lowest BCUT2D eigenvalue weighted by Gasteiger charge is -2.22. The zero-order chi connectivity index (χ0) is 22.0. The van der Waals surface area contributed by atoms with Crippen molar-refractivity contribution in [3.63, 3.8) is 0 Å². The fraction of sp³-hybridized carbons (Fsp3) is 0.100. The summed E-state index contributed by atoms with van der Waals surface area (Å²) in [7, 11) is -4.12. The Morgan fingerprint density at radius 2 is 1.84 bits per heavy atom. The predicted octanol–water partition coefficient (Wildman–Crippen LogP) is 2.88. The number of amides is 1. The Morgan fingerprint density at radius 1 is 1.13 bits per heavy atom. The van der Waals surface area contributed by atoms with Crippen LogP contribution in [0.15, 0.2) is 69.7 Å². The molecule has 0 aliphatic carbocycles. The molecule has 0 atom stereocenters. The van der Waals surface area contributed by atoms with Crippen LogP contribution in [0.4, 0.5) is 10.1 Å². The van der Waals surface area contributed by atoms with Crippen molar-refractivity contribution < 1.29 is 22.1 Å². The van der Waals surface area contributed by atoms with E-state index in [4.69, 9.17) is 4.52 Å². The number of nitrogens with one attached hydrogen (secondary N) is 1. The first-order valence-corrected chi connectivity index (χ1v) is 10.5. The molecule has 1 N–H and O–H groups in total. The Hall–Kier alpha value is -3.86. The number of halogens is 1. The van der Waals surface area contributed by atoms with E-state index in [0.29, 0.717) is 11.5 Å². The van der Waals surface area contributed by atoms with Crippen LogP contribution in [0, 0.1) is 5.82 Å². The third-order valence-corrected chi connectivity index (χ3v) is 5.66. The molecule has 0 bridgehead atoms. The highest BCUT2D eigenvalue weighted by molar-refractivity contribution is 7.88. The minimum atomic E-state index is -4.12. The Balaban J connectivity index is 1.57. The molecule has 1 aliphatic heterocycles. The van der Waals surface area contributed by atoms with Crippen molar-refractivity contribution >= 4 is 33.1 Å². The highest BCUT2D eigenvalue weighted by atomic mass is 32.2. The maximum Gasteiger partial charge on any atom is 0.344 e. The fourth-order valence-electron chi connectivity index (χ4n) is 2.83. The van der Waals surface area contributed by atoms with Crippen LogP contribution in [0.2, 0.25) is 0 Å². The zero-order valence-electron chi connectivity index (χ0n) is 16.2. The topological polar surface area (TPSA) is 118 Å². The zero-order valence-corrected chi connectivity index (χ0v) is 17.0. The van der Waals surface area contributed by atoms with E-state index in [1.165, 1.54) is 37.4 Å². The van der Waals surface area contributed by atoms with E-state index in [9.17, 15) is 17.6 Å². The van der Waals surface area contributed by atoms with Crippen LogP contribution in [-0.4, -0.2) is 41.0 Å². The summed E-state index contributed by atoms with van der Waals surface area (Å²) in [5.74, 6) is -0.684. The number of rotatable bonds is 5. The van der Waals surface area contributed by atoms with Crippen molar-refractivity contribution in [3.8, 4) is 11.4 Å². The molecule has 0 saturated carbocycles. The number of anilines is 1. The molecule has 9 nitrogen and oxygen atoms in total. The average Bonchev–Trinajstić information content (AvgIpc) is 3.22. The lowest BCUT2D eigenvalue weighted by Crippen LogP contribution is -2.36. The molecule has 0 spiro atoms. The molecule has 0 saturated heterocycles. The molecule has 1 aromatic heterocycles. The SMILES string of the molecule is CC1=NS(=O)(=O)N(CC(=O)Nc2ccc(F)cc2)C=C1c1nc(-c2ccccc2)no1. The minimum Gasteiger partial charge on any atom is -0.333 e. The monoisotopic (exact) mass is 441 g/mol. The van der Waals surface area contributed by atoms with Gasteiger partial charge in [0, 0.05) is 17.5 Å². The van der Waals surface area contributed by atoms with Gasteiger partial charge in [-0.2, -0.15) is 13.4 Å². The summed E-state index contributed by atoms with van der Waals surface area (Å²) < 4.78 is 47.6. The van der Waals surface area contributed by atoms with E-state index < -0.39 is 28.5 Å². The van der Waals surface area contributed by atoms with Crippen molar-refractivity contribution in [1.29, 1.82) is 0 Å². The largest absolute Gasteiger partial charge is 0.344 e. The fourth-order valence-corrected chi connectivity index (χ4v) is 3.90. The molecule has 1 aliphatic rings. The van der Waals surface area contributed by atoms with Crippen molar-refractivity contribution in [2.45, 2.75) is 6.92 Å². The maximum atomic E-state index is 13.0. The second-order valence-electron chi connectivity index (χ2n) is 6.59. The molecule has 1 amide bonds. The summed E-state index contributed by atoms with van der Waals surface area (Å²) in [6.45, 7) is 0.950. The molecule has 11 heteroatoms. The second kappa shape index (κ2) is 8.11. The highest BCUT2D eigenvalue weighted by Gasteiger charge is 2.29. The van der Waals surface area contributed by atoms with E-state index in [0.717, 1.165) is 9.87 Å². The van der Waals surface area contributed by atoms with Gasteiger partial charge in [-0.15, -0.1) is 4.40 Å². The number of hydrogen-bond donors (Lipinski definition) is 1. The van der Waals surface area contributed by atoms with Gasteiger partial charge in [-0.05, 0) is 31.2 Å². The first kappa shape index (κ1) is 20.4. The number of nitrogens with zero attached hydrogens (tertiary/aromatic N) is 4. The third kappa shape index (κ3) is 4.51. The van der Waals surface area contributed by atoms with Gasteiger partial charge < -0.3 is 9.84 Å². The minimum absolute atomic E-state index is 0.0685. The van der Waals surface area contributed by atoms with Gasteiger partial charge in [-0.25, -0.2) is 8.70 Å². The Bertz CT molecular complexity index is 1280. The molecule has 31 heavy (non-hydrogen) atoms. The Labute approximate surface area is 177 Å². The Morgan fingerprint density at radius 3 is 2.55 bits per heavy atom. The van der Waals surface area contributed by atoms with Gasteiger partial charge in [0.05, 0.1) is 11.3 Å². The Kier molecular flexibility index (Phi) is 5.34. The molecule has 2 heterocycles. The maximum absolute atomic E-state index is 13.0. The standard InChI is InChI=1S/C20H16FN5O4S/c1-13-17(20-23-19(24-30-20)14-5-3-2-4-6-14)11-26(31(28,29)25-13)12-18(27)22-16-9-7-15(21)8-10-16/h2-11H,12H2,1H3,(H,22,27). The second-order valence-corrected chi connectivity index (χ2v) is 8.13. The van der Waals surface area contributed by atoms with Gasteiger partial charge >= 0.3 is 10.2 Å². The quantitative estimate of drug-likeness (QED) is 0.651. The molecule has 2 aromatic carbocycles. The lowest BCUT2D eigenvalue weighted by molar-refractivity contribution is -0.116. The van der Waals surface area contributed by atoms with Crippen LogP contribution in [0.25, 0.3) is 17.0 Å². The summed E-state index contributed by atoms with van der Waals surface area (Å²) in [6.07, 6.45) is 1.23. The number of carbonyl (C=O) groups is 1. The van der Waals surface area contributed by atoms with Crippen LogP contribution in [0.1, 0.15) is 12.8 Å². The smallest absolute Gasteiger partial charge is 0.333 e. The molecular formula is C20H16FN5O4S. The van der Waals surface area contributed by atoms with Crippen molar-refractivity contribution in [3.05, 3.63) is 72.5 Å². The lowest BCUT2D eigenvalue weighted by atomic mass is 10.2. The first-order valence-electron chi connectivity index (χ1n) is 9.07. The molecule has 0 unspecified atom stereocenters. The summed E-state index contributed by atoms with van der Waals surface area (Å²) >= 11 is 0. The van der Waals surface area contributed by atoms with E-state index in [1.54, 1.807) is 12.1 Å². The van der Waals surface area contributed by atoms with Gasteiger partial charge in [0.2, 0.25) is 11.7 Å². The van der Waals surface area contributed by atoms with Gasteiger partial charge in [0.1, 0.15) is 12.4 Å². The summed E-state index contributed by atoms with van der Waals surface area (Å²) in [5, 5.41) is 6.43. The van der Waals surface area contributed by atoms with Gasteiger partial charge in [-0.1, -0.05) is 35.5 Å². The van der Waals surface area contributed by atoms with Crippen LogP contribution in [-0.2, 0) is 15.0 Å². The molecule has 158 valence electrons. The molecular weight excluding hydrogens is 425 g/mol. The van der Waals surface area contributed by atoms with Gasteiger partial charge in [0.15, 0.2) is 0 Å². The number of aromatic nitrogens is 2. The number of carbonyl (C=O) groups excluding carboxylic acids is 1. The molecule has 0 fully saturated rings. The van der Waals surface area contributed by atoms with E-state index >= 15 is 0 Å². The van der Waals surface area contributed by atoms with Crippen molar-refractivity contribution in [1.82, 2.24) is 14.4 Å². The molecule has 4 rings (SSSR count). The van der Waals surface area contributed by atoms with Gasteiger partial charge in [-0.3, -0.25) is 4.79 Å². The molecule has 3 aromatic rings. The van der Waals surface area contributed by atoms with Crippen LogP contribution in [0.3, 0.4) is 0 Å². The van der Waals surface area contributed by atoms with Crippen LogP contribution in [0.5, 0.6) is 0 Å². The van der Waals surface area contributed by atoms with E-state index in [1.807, 2.05) is 18.2 Å².